The van der Waals surface area contributed by atoms with Crippen molar-refractivity contribution in [1.82, 2.24) is 10.2 Å². The molecule has 0 aromatic carbocycles. The molecule has 1 aromatic heterocycles. The fourth-order valence-corrected chi connectivity index (χ4v) is 4.52. The molecule has 1 N–H and O–H groups in total. The van der Waals surface area contributed by atoms with Crippen LogP contribution in [0.5, 0.6) is 0 Å². The van der Waals surface area contributed by atoms with E-state index in [1.807, 2.05) is 13.0 Å². The summed E-state index contributed by atoms with van der Waals surface area (Å²) in [7, 11) is 0. The normalized spacial score (nSPS) is 27.3. The van der Waals surface area contributed by atoms with Crippen LogP contribution in [0, 0.1) is 12.8 Å². The molecule has 0 aliphatic carbocycles. The van der Waals surface area contributed by atoms with Gasteiger partial charge in [0.2, 0.25) is 0 Å². The first-order valence-corrected chi connectivity index (χ1v) is 8.05. The SMILES string of the molecule is Cc1cc(C(=O)N2CCCC3CNCC32)sc1Br. The van der Waals surface area contributed by atoms with Crippen LogP contribution in [-0.4, -0.2) is 36.5 Å². The number of halogens is 1. The number of nitrogens with one attached hydrogen (secondary N) is 1. The van der Waals surface area contributed by atoms with E-state index in [-0.39, 0.29) is 5.91 Å². The average molecular weight is 329 g/mol. The van der Waals surface area contributed by atoms with Crippen molar-refractivity contribution in [1.29, 1.82) is 0 Å². The molecule has 2 atom stereocenters. The maximum Gasteiger partial charge on any atom is 0.264 e. The Morgan fingerprint density at radius 1 is 1.56 bits per heavy atom. The molecule has 2 aliphatic rings. The first kappa shape index (κ1) is 12.6. The molecule has 1 aromatic rings. The second-order valence-corrected chi connectivity index (χ2v) is 7.56. The van der Waals surface area contributed by atoms with E-state index < -0.39 is 0 Å². The summed E-state index contributed by atoms with van der Waals surface area (Å²) in [6.07, 6.45) is 2.40. The second kappa shape index (κ2) is 4.94. The van der Waals surface area contributed by atoms with Crippen molar-refractivity contribution in [3.63, 3.8) is 0 Å². The van der Waals surface area contributed by atoms with Gasteiger partial charge in [0.05, 0.1) is 8.66 Å². The molecule has 2 saturated heterocycles. The lowest BCUT2D eigenvalue weighted by molar-refractivity contribution is 0.0580. The molecule has 2 fully saturated rings. The van der Waals surface area contributed by atoms with E-state index in [0.29, 0.717) is 12.0 Å². The largest absolute Gasteiger partial charge is 0.333 e. The number of likely N-dealkylation sites (tertiary alicyclic amines) is 1. The monoisotopic (exact) mass is 328 g/mol. The predicted octanol–water partition coefficient (Wildman–Crippen LogP) is 2.64. The third kappa shape index (κ3) is 2.12. The summed E-state index contributed by atoms with van der Waals surface area (Å²) in [5, 5.41) is 3.42. The van der Waals surface area contributed by atoms with E-state index in [9.17, 15) is 4.79 Å². The molecule has 18 heavy (non-hydrogen) atoms. The third-order valence-electron chi connectivity index (χ3n) is 4.01. The van der Waals surface area contributed by atoms with Gasteiger partial charge in [-0.3, -0.25) is 4.79 Å². The summed E-state index contributed by atoms with van der Waals surface area (Å²) in [5.74, 6) is 0.874. The smallest absolute Gasteiger partial charge is 0.264 e. The van der Waals surface area contributed by atoms with Gasteiger partial charge in [-0.15, -0.1) is 11.3 Å². The number of piperidine rings is 1. The Hall–Kier alpha value is -0.390. The maximum atomic E-state index is 12.6. The fourth-order valence-electron chi connectivity index (χ4n) is 3.03. The lowest BCUT2D eigenvalue weighted by Crippen LogP contribution is -2.48. The van der Waals surface area contributed by atoms with Gasteiger partial charge >= 0.3 is 0 Å². The van der Waals surface area contributed by atoms with Crippen molar-refractivity contribution < 1.29 is 4.79 Å². The van der Waals surface area contributed by atoms with Crippen LogP contribution in [0.4, 0.5) is 0 Å². The number of nitrogens with zero attached hydrogens (tertiary/aromatic N) is 1. The summed E-state index contributed by atoms with van der Waals surface area (Å²) < 4.78 is 1.07. The Morgan fingerprint density at radius 3 is 3.11 bits per heavy atom. The molecule has 5 heteroatoms. The number of aryl methyl sites for hydroxylation is 1. The van der Waals surface area contributed by atoms with Crippen molar-refractivity contribution >= 4 is 33.2 Å². The Bertz CT molecular complexity index is 454. The molecule has 0 saturated carbocycles. The van der Waals surface area contributed by atoms with Crippen LogP contribution in [0.3, 0.4) is 0 Å². The van der Waals surface area contributed by atoms with Gasteiger partial charge < -0.3 is 10.2 Å². The highest BCUT2D eigenvalue weighted by molar-refractivity contribution is 9.11. The van der Waals surface area contributed by atoms with Crippen LogP contribution in [0.2, 0.25) is 0 Å². The van der Waals surface area contributed by atoms with Crippen LogP contribution >= 0.6 is 27.3 Å². The van der Waals surface area contributed by atoms with E-state index in [0.717, 1.165) is 40.3 Å². The molecule has 0 bridgehead atoms. The van der Waals surface area contributed by atoms with Crippen LogP contribution in [0.15, 0.2) is 9.85 Å². The van der Waals surface area contributed by atoms with Crippen LogP contribution in [0.25, 0.3) is 0 Å². The van der Waals surface area contributed by atoms with Crippen molar-refractivity contribution in [2.45, 2.75) is 25.8 Å². The molecular formula is C13H17BrN2OS. The Kier molecular flexibility index (Phi) is 3.47. The predicted molar refractivity (Wildman–Crippen MR) is 77.2 cm³/mol. The standard InChI is InChI=1S/C13H17BrN2OS/c1-8-5-11(18-12(8)14)13(17)16-4-2-3-9-6-15-7-10(9)16/h5,9-10,15H,2-4,6-7H2,1H3. The average Bonchev–Trinajstić information content (AvgIpc) is 2.95. The fraction of sp³-hybridized carbons (Fsp3) is 0.615. The highest BCUT2D eigenvalue weighted by Crippen LogP contribution is 2.32. The van der Waals surface area contributed by atoms with E-state index in [1.54, 1.807) is 11.3 Å². The van der Waals surface area contributed by atoms with Gasteiger partial charge in [-0.05, 0) is 53.2 Å². The van der Waals surface area contributed by atoms with E-state index in [4.69, 9.17) is 0 Å². The van der Waals surface area contributed by atoms with Gasteiger partial charge in [-0.1, -0.05) is 0 Å². The zero-order valence-electron chi connectivity index (χ0n) is 10.4. The van der Waals surface area contributed by atoms with Gasteiger partial charge in [0.25, 0.3) is 5.91 Å². The third-order valence-corrected chi connectivity index (χ3v) is 6.13. The molecular weight excluding hydrogens is 312 g/mol. The summed E-state index contributed by atoms with van der Waals surface area (Å²) in [6.45, 7) is 4.98. The van der Waals surface area contributed by atoms with Crippen LogP contribution in [-0.2, 0) is 0 Å². The lowest BCUT2D eigenvalue weighted by Gasteiger charge is -2.36. The van der Waals surface area contributed by atoms with Gasteiger partial charge in [-0.2, -0.15) is 0 Å². The number of carbonyl (C=O) groups excluding carboxylic acids is 1. The van der Waals surface area contributed by atoms with E-state index >= 15 is 0 Å². The zero-order chi connectivity index (χ0) is 12.7. The van der Waals surface area contributed by atoms with Crippen molar-refractivity contribution in [3.8, 4) is 0 Å². The highest BCUT2D eigenvalue weighted by Gasteiger charge is 2.37. The van der Waals surface area contributed by atoms with E-state index in [1.165, 1.54) is 6.42 Å². The van der Waals surface area contributed by atoms with Gasteiger partial charge in [-0.25, -0.2) is 0 Å². The van der Waals surface area contributed by atoms with E-state index in [2.05, 4.69) is 26.1 Å². The van der Waals surface area contributed by atoms with Crippen molar-refractivity contribution in [3.05, 3.63) is 20.3 Å². The van der Waals surface area contributed by atoms with Crippen molar-refractivity contribution in [2.75, 3.05) is 19.6 Å². The summed E-state index contributed by atoms with van der Waals surface area (Å²) >= 11 is 5.06. The number of carbonyl (C=O) groups is 1. The van der Waals surface area contributed by atoms with Crippen molar-refractivity contribution in [2.24, 2.45) is 5.92 Å². The number of hydrogen-bond acceptors (Lipinski definition) is 3. The second-order valence-electron chi connectivity index (χ2n) is 5.19. The quantitative estimate of drug-likeness (QED) is 0.859. The number of fused-ring (bicyclic) bond motifs is 1. The summed E-state index contributed by atoms with van der Waals surface area (Å²) in [6, 6.07) is 2.41. The number of rotatable bonds is 1. The molecule has 3 heterocycles. The summed E-state index contributed by atoms with van der Waals surface area (Å²) in [5.41, 5.74) is 1.15. The van der Waals surface area contributed by atoms with Crippen LogP contribution in [0.1, 0.15) is 28.1 Å². The number of amides is 1. The van der Waals surface area contributed by atoms with Gasteiger partial charge in [0.15, 0.2) is 0 Å². The molecule has 2 unspecified atom stereocenters. The molecule has 2 aliphatic heterocycles. The minimum atomic E-state index is 0.215. The lowest BCUT2D eigenvalue weighted by atomic mass is 9.92. The van der Waals surface area contributed by atoms with Gasteiger partial charge in [0, 0.05) is 25.7 Å². The molecule has 1 amide bonds. The molecule has 3 rings (SSSR count). The Labute approximate surface area is 120 Å². The number of thiophene rings is 1. The minimum Gasteiger partial charge on any atom is -0.333 e. The summed E-state index contributed by atoms with van der Waals surface area (Å²) in [4.78, 5) is 15.6. The minimum absolute atomic E-state index is 0.215. The molecule has 3 nitrogen and oxygen atoms in total. The maximum absolute atomic E-state index is 12.6. The highest BCUT2D eigenvalue weighted by atomic mass is 79.9. The Balaban J connectivity index is 1.83. The van der Waals surface area contributed by atoms with Gasteiger partial charge in [0.1, 0.15) is 0 Å². The first-order chi connectivity index (χ1) is 8.66. The number of hydrogen-bond donors (Lipinski definition) is 1. The molecule has 0 radical (unpaired) electrons. The zero-order valence-corrected chi connectivity index (χ0v) is 12.8. The molecule has 0 spiro atoms. The topological polar surface area (TPSA) is 32.3 Å². The Morgan fingerprint density at radius 2 is 2.39 bits per heavy atom. The van der Waals surface area contributed by atoms with Crippen LogP contribution < -0.4 is 5.32 Å². The first-order valence-electron chi connectivity index (χ1n) is 6.44. The molecule has 98 valence electrons.